The molecule has 0 saturated carbocycles. The molecule has 4 heterocycles. The van der Waals surface area contributed by atoms with Gasteiger partial charge in [-0.3, -0.25) is 4.79 Å². The molecule has 0 bridgehead atoms. The summed E-state index contributed by atoms with van der Waals surface area (Å²) in [5.41, 5.74) is 0.453. The van der Waals surface area contributed by atoms with Crippen LogP contribution < -0.4 is 10.1 Å². The van der Waals surface area contributed by atoms with Gasteiger partial charge in [0.2, 0.25) is 0 Å². The second-order valence-electron chi connectivity index (χ2n) is 8.45. The maximum absolute atomic E-state index is 13.2. The Hall–Kier alpha value is -2.99. The van der Waals surface area contributed by atoms with Gasteiger partial charge in [-0.1, -0.05) is 29.8 Å². The zero-order chi connectivity index (χ0) is 24.4. The van der Waals surface area contributed by atoms with Gasteiger partial charge in [0.05, 0.1) is 16.5 Å². The molecule has 2 unspecified atom stereocenters. The number of likely N-dealkylation sites (tertiary alicyclic amines) is 1. The van der Waals surface area contributed by atoms with Gasteiger partial charge in [0, 0.05) is 43.2 Å². The van der Waals surface area contributed by atoms with Gasteiger partial charge < -0.3 is 25.0 Å². The summed E-state index contributed by atoms with van der Waals surface area (Å²) in [6, 6.07) is 12.0. The maximum atomic E-state index is 13.2. The SMILES string of the molecule is O=C(N1CCC(O)C1)N1CCNC(c2nc(OCc3ccc(Cl)s3)n(C(=O)c3ccccc3)n2)C1. The first-order valence-corrected chi connectivity index (χ1v) is 12.6. The summed E-state index contributed by atoms with van der Waals surface area (Å²) in [7, 11) is 0. The fourth-order valence-corrected chi connectivity index (χ4v) is 5.17. The Morgan fingerprint density at radius 3 is 2.66 bits per heavy atom. The predicted molar refractivity (Wildman–Crippen MR) is 130 cm³/mol. The number of hydrogen-bond acceptors (Lipinski definition) is 8. The lowest BCUT2D eigenvalue weighted by molar-refractivity contribution is 0.0925. The lowest BCUT2D eigenvalue weighted by Gasteiger charge is -2.34. The Bertz CT molecular complexity index is 1200. The van der Waals surface area contributed by atoms with Crippen LogP contribution in [0.5, 0.6) is 6.01 Å². The Balaban J connectivity index is 1.37. The average Bonchev–Trinajstić information content (AvgIpc) is 3.62. The van der Waals surface area contributed by atoms with E-state index in [0.717, 1.165) is 4.88 Å². The summed E-state index contributed by atoms with van der Waals surface area (Å²) < 4.78 is 7.71. The number of aliphatic hydroxyl groups excluding tert-OH is 1. The van der Waals surface area contributed by atoms with Crippen molar-refractivity contribution in [2.75, 3.05) is 32.7 Å². The Labute approximate surface area is 211 Å². The number of benzene rings is 1. The van der Waals surface area contributed by atoms with Crippen LogP contribution in [0.1, 0.15) is 33.5 Å². The molecule has 0 aliphatic carbocycles. The molecule has 2 fully saturated rings. The number of carbonyl (C=O) groups excluding carboxylic acids is 2. The van der Waals surface area contributed by atoms with E-state index < -0.39 is 6.10 Å². The minimum Gasteiger partial charge on any atom is -0.458 e. The van der Waals surface area contributed by atoms with Gasteiger partial charge in [-0.15, -0.1) is 21.1 Å². The molecule has 2 N–H and O–H groups in total. The van der Waals surface area contributed by atoms with Gasteiger partial charge >= 0.3 is 12.0 Å². The number of halogens is 1. The second kappa shape index (κ2) is 10.3. The Morgan fingerprint density at radius 1 is 1.14 bits per heavy atom. The van der Waals surface area contributed by atoms with Gasteiger partial charge in [-0.05, 0) is 30.7 Å². The van der Waals surface area contributed by atoms with E-state index in [2.05, 4.69) is 15.4 Å². The van der Waals surface area contributed by atoms with Crippen molar-refractivity contribution in [3.8, 4) is 6.01 Å². The molecule has 0 radical (unpaired) electrons. The summed E-state index contributed by atoms with van der Waals surface area (Å²) in [5, 5.41) is 17.6. The van der Waals surface area contributed by atoms with Crippen LogP contribution in [0.15, 0.2) is 42.5 Å². The van der Waals surface area contributed by atoms with Crippen molar-refractivity contribution in [2.45, 2.75) is 25.2 Å². The first-order chi connectivity index (χ1) is 17.0. The highest BCUT2D eigenvalue weighted by Gasteiger charge is 2.33. The van der Waals surface area contributed by atoms with Crippen molar-refractivity contribution in [2.24, 2.45) is 0 Å². The third-order valence-electron chi connectivity index (χ3n) is 5.97. The molecule has 2 saturated heterocycles. The highest BCUT2D eigenvalue weighted by Crippen LogP contribution is 2.25. The molecule has 184 valence electrons. The number of rotatable bonds is 5. The largest absolute Gasteiger partial charge is 0.458 e. The van der Waals surface area contributed by atoms with Crippen molar-refractivity contribution in [1.29, 1.82) is 0 Å². The smallest absolute Gasteiger partial charge is 0.323 e. The molecule has 0 spiro atoms. The van der Waals surface area contributed by atoms with Gasteiger partial charge in [0.15, 0.2) is 5.82 Å². The number of carbonyl (C=O) groups is 2. The van der Waals surface area contributed by atoms with Crippen LogP contribution in [0.4, 0.5) is 4.79 Å². The number of urea groups is 1. The lowest BCUT2D eigenvalue weighted by atomic mass is 10.2. The quantitative estimate of drug-likeness (QED) is 0.535. The number of aromatic nitrogens is 3. The Morgan fingerprint density at radius 2 is 1.94 bits per heavy atom. The van der Waals surface area contributed by atoms with Crippen LogP contribution in [0.25, 0.3) is 0 Å². The number of amides is 2. The highest BCUT2D eigenvalue weighted by molar-refractivity contribution is 7.16. The van der Waals surface area contributed by atoms with E-state index in [-0.39, 0.29) is 30.6 Å². The summed E-state index contributed by atoms with van der Waals surface area (Å²) in [6.07, 6.45) is 0.113. The second-order valence-corrected chi connectivity index (χ2v) is 10.3. The van der Waals surface area contributed by atoms with Crippen LogP contribution >= 0.6 is 22.9 Å². The van der Waals surface area contributed by atoms with Gasteiger partial charge in [-0.2, -0.15) is 4.98 Å². The molecular formula is C23H25ClN6O4S. The van der Waals surface area contributed by atoms with Crippen molar-refractivity contribution >= 4 is 34.9 Å². The molecule has 10 nitrogen and oxygen atoms in total. The summed E-state index contributed by atoms with van der Waals surface area (Å²) in [4.78, 5) is 34.9. The topological polar surface area (TPSA) is 113 Å². The van der Waals surface area contributed by atoms with E-state index in [9.17, 15) is 14.7 Å². The molecule has 2 aromatic heterocycles. The minimum atomic E-state index is -0.475. The van der Waals surface area contributed by atoms with Crippen molar-refractivity contribution in [3.63, 3.8) is 0 Å². The molecule has 1 aromatic carbocycles. The minimum absolute atomic E-state index is 0.0753. The number of piperazine rings is 1. The van der Waals surface area contributed by atoms with E-state index in [4.69, 9.17) is 16.3 Å². The normalized spacial score (nSPS) is 20.3. The number of aliphatic hydroxyl groups is 1. The number of ether oxygens (including phenoxy) is 1. The fourth-order valence-electron chi connectivity index (χ4n) is 4.17. The molecular weight excluding hydrogens is 492 g/mol. The van der Waals surface area contributed by atoms with E-state index in [1.165, 1.54) is 16.0 Å². The standard InChI is InChI=1S/C23H25ClN6O4S/c24-19-7-6-17(35-19)14-34-22-26-20(27-30(22)21(32)15-4-2-1-3-5-15)18-13-29(11-9-25-18)23(33)28-10-8-16(31)12-28/h1-7,16,18,25,31H,8-14H2. The zero-order valence-corrected chi connectivity index (χ0v) is 20.4. The van der Waals surface area contributed by atoms with Crippen molar-refractivity contribution in [3.05, 3.63) is 63.1 Å². The van der Waals surface area contributed by atoms with Crippen LogP contribution in [0.3, 0.4) is 0 Å². The average molecular weight is 517 g/mol. The molecule has 12 heteroatoms. The third-order valence-corrected chi connectivity index (χ3v) is 7.18. The monoisotopic (exact) mass is 516 g/mol. The van der Waals surface area contributed by atoms with Gasteiger partial charge in [-0.25, -0.2) is 4.79 Å². The molecule has 3 aromatic rings. The van der Waals surface area contributed by atoms with Gasteiger partial charge in [0.1, 0.15) is 6.61 Å². The van der Waals surface area contributed by atoms with E-state index in [0.29, 0.717) is 54.9 Å². The summed E-state index contributed by atoms with van der Waals surface area (Å²) in [5.74, 6) is 0.00538. The summed E-state index contributed by atoms with van der Waals surface area (Å²) in [6.45, 7) is 2.51. The Kier molecular flexibility index (Phi) is 7.00. The van der Waals surface area contributed by atoms with E-state index in [1.54, 1.807) is 40.1 Å². The molecule has 2 atom stereocenters. The van der Waals surface area contributed by atoms with Crippen LogP contribution in [0.2, 0.25) is 4.34 Å². The number of nitrogens with one attached hydrogen (secondary N) is 1. The van der Waals surface area contributed by atoms with Crippen molar-refractivity contribution < 1.29 is 19.4 Å². The predicted octanol–water partition coefficient (Wildman–Crippen LogP) is 2.39. The van der Waals surface area contributed by atoms with E-state index in [1.807, 2.05) is 12.1 Å². The fraction of sp³-hybridized carbons (Fsp3) is 0.391. The number of β-amino-alcohol motifs (C(OH)–C–C–N with tert-alkyl or cyclic N) is 1. The molecule has 5 rings (SSSR count). The highest BCUT2D eigenvalue weighted by atomic mass is 35.5. The molecule has 2 amide bonds. The van der Waals surface area contributed by atoms with Gasteiger partial charge in [0.25, 0.3) is 5.91 Å². The van der Waals surface area contributed by atoms with E-state index >= 15 is 0 Å². The first-order valence-electron chi connectivity index (χ1n) is 11.4. The van der Waals surface area contributed by atoms with Crippen LogP contribution in [-0.2, 0) is 6.61 Å². The number of thiophene rings is 1. The molecule has 2 aliphatic rings. The molecule has 2 aliphatic heterocycles. The maximum Gasteiger partial charge on any atom is 0.323 e. The summed E-state index contributed by atoms with van der Waals surface area (Å²) >= 11 is 7.41. The number of nitrogens with zero attached hydrogens (tertiary/aromatic N) is 5. The first kappa shape index (κ1) is 23.7. The third kappa shape index (κ3) is 5.32. The lowest BCUT2D eigenvalue weighted by Crippen LogP contribution is -2.52. The zero-order valence-electron chi connectivity index (χ0n) is 18.8. The molecule has 35 heavy (non-hydrogen) atoms. The van der Waals surface area contributed by atoms with Crippen LogP contribution in [-0.4, -0.2) is 80.4 Å². The van der Waals surface area contributed by atoms with Crippen molar-refractivity contribution in [1.82, 2.24) is 29.9 Å². The van der Waals surface area contributed by atoms with Crippen LogP contribution in [0, 0.1) is 0 Å². The number of hydrogen-bond donors (Lipinski definition) is 2.